The molecule has 0 spiro atoms. The Bertz CT molecular complexity index is 860. The summed E-state index contributed by atoms with van der Waals surface area (Å²) in [5, 5.41) is 0. The van der Waals surface area contributed by atoms with Gasteiger partial charge in [0.2, 0.25) is 0 Å². The summed E-state index contributed by atoms with van der Waals surface area (Å²) in [6.45, 7) is 21.2. The summed E-state index contributed by atoms with van der Waals surface area (Å²) in [6, 6.07) is 0. The van der Waals surface area contributed by atoms with E-state index < -0.39 is 0 Å². The van der Waals surface area contributed by atoms with Gasteiger partial charge in [0.25, 0.3) is 0 Å². The van der Waals surface area contributed by atoms with Gasteiger partial charge in [0.05, 0.1) is 0 Å². The predicted octanol–water partition coefficient (Wildman–Crippen LogP) is 8.91. The molecule has 0 N–H and O–H groups in total. The van der Waals surface area contributed by atoms with E-state index in [-0.39, 0.29) is 17.5 Å². The highest BCUT2D eigenvalue weighted by molar-refractivity contribution is 5.66. The van der Waals surface area contributed by atoms with E-state index in [1.165, 1.54) is 50.5 Å². The molecule has 3 saturated carbocycles. The van der Waals surface area contributed by atoms with Gasteiger partial charge in [0.15, 0.2) is 0 Å². The molecule has 4 aliphatic rings. The van der Waals surface area contributed by atoms with Crippen LogP contribution in [-0.4, -0.2) is 12.1 Å². The Kier molecular flexibility index (Phi) is 6.74. The van der Waals surface area contributed by atoms with Gasteiger partial charge >= 0.3 is 5.97 Å². The van der Waals surface area contributed by atoms with Crippen molar-refractivity contribution in [2.45, 2.75) is 126 Å². The van der Waals surface area contributed by atoms with Crippen LogP contribution in [0.1, 0.15) is 120 Å². The molecule has 0 bridgehead atoms. The van der Waals surface area contributed by atoms with Crippen molar-refractivity contribution >= 4 is 5.97 Å². The molecule has 192 valence electrons. The zero-order valence-electron chi connectivity index (χ0n) is 23.7. The average molecular weight is 469 g/mol. The Morgan fingerprint density at radius 1 is 1.06 bits per heavy atom. The number of allylic oxidation sites excluding steroid dienone is 4. The Hall–Kier alpha value is -1.05. The quantitative estimate of drug-likeness (QED) is 0.297. The summed E-state index contributed by atoms with van der Waals surface area (Å²) in [7, 11) is 0. The van der Waals surface area contributed by atoms with E-state index >= 15 is 0 Å². The van der Waals surface area contributed by atoms with E-state index in [4.69, 9.17) is 4.74 Å². The molecule has 2 nitrogen and oxygen atoms in total. The van der Waals surface area contributed by atoms with Gasteiger partial charge in [0.1, 0.15) is 6.10 Å². The Labute approximate surface area is 210 Å². The Morgan fingerprint density at radius 3 is 2.41 bits per heavy atom. The van der Waals surface area contributed by atoms with E-state index in [0.717, 1.165) is 24.7 Å². The maximum absolute atomic E-state index is 11.8. The van der Waals surface area contributed by atoms with Gasteiger partial charge < -0.3 is 4.74 Å². The van der Waals surface area contributed by atoms with Crippen molar-refractivity contribution in [2.75, 3.05) is 0 Å². The molecule has 0 aromatic rings. The molecular formula is C32H52O2. The molecule has 4 rings (SSSR count). The zero-order chi connectivity index (χ0) is 25.1. The van der Waals surface area contributed by atoms with E-state index in [0.29, 0.717) is 28.1 Å². The van der Waals surface area contributed by atoms with Gasteiger partial charge in [-0.2, -0.15) is 0 Å². The van der Waals surface area contributed by atoms with Crippen molar-refractivity contribution in [2.24, 2.45) is 45.3 Å². The van der Waals surface area contributed by atoms with Gasteiger partial charge in [-0.25, -0.2) is 0 Å². The van der Waals surface area contributed by atoms with Gasteiger partial charge in [-0.15, -0.1) is 0 Å². The normalized spacial score (nSPS) is 43.6. The lowest BCUT2D eigenvalue weighted by molar-refractivity contribution is -0.174. The van der Waals surface area contributed by atoms with Crippen molar-refractivity contribution in [1.82, 2.24) is 0 Å². The van der Waals surface area contributed by atoms with E-state index in [1.54, 1.807) is 6.92 Å². The van der Waals surface area contributed by atoms with Crippen LogP contribution < -0.4 is 0 Å². The monoisotopic (exact) mass is 468 g/mol. The molecule has 0 amide bonds. The van der Waals surface area contributed by atoms with E-state index in [2.05, 4.69) is 67.5 Å². The maximum atomic E-state index is 11.8. The predicted molar refractivity (Wildman–Crippen MR) is 142 cm³/mol. The van der Waals surface area contributed by atoms with Crippen LogP contribution in [0.15, 0.2) is 23.3 Å². The first-order valence-electron chi connectivity index (χ1n) is 14.3. The zero-order valence-corrected chi connectivity index (χ0v) is 23.7. The van der Waals surface area contributed by atoms with Gasteiger partial charge in [-0.3, -0.25) is 4.79 Å². The van der Waals surface area contributed by atoms with E-state index in [9.17, 15) is 4.79 Å². The molecule has 0 unspecified atom stereocenters. The van der Waals surface area contributed by atoms with Crippen LogP contribution in [-0.2, 0) is 9.53 Å². The number of esters is 1. The first kappa shape index (κ1) is 26.0. The molecule has 0 aliphatic heterocycles. The highest BCUT2D eigenvalue weighted by Crippen LogP contribution is 2.73. The number of hydrogen-bond acceptors (Lipinski definition) is 2. The minimum Gasteiger partial charge on any atom is -0.462 e. The molecular weight excluding hydrogens is 416 g/mol. The molecule has 0 aromatic heterocycles. The van der Waals surface area contributed by atoms with Crippen molar-refractivity contribution in [3.05, 3.63) is 23.3 Å². The molecule has 0 aromatic carbocycles. The fourth-order valence-electron chi connectivity index (χ4n) is 9.89. The number of ether oxygens (including phenoxy) is 1. The molecule has 0 radical (unpaired) electrons. The highest BCUT2D eigenvalue weighted by atomic mass is 16.5. The van der Waals surface area contributed by atoms with Gasteiger partial charge in [-0.1, -0.05) is 64.8 Å². The maximum Gasteiger partial charge on any atom is 0.302 e. The topological polar surface area (TPSA) is 26.3 Å². The fourth-order valence-corrected chi connectivity index (χ4v) is 9.89. The first-order chi connectivity index (χ1) is 15.8. The summed E-state index contributed by atoms with van der Waals surface area (Å²) in [4.78, 5) is 11.8. The fraction of sp³-hybridized carbons (Fsp3) is 0.844. The second-order valence-corrected chi connectivity index (χ2v) is 14.2. The highest BCUT2D eigenvalue weighted by Gasteiger charge is 2.65. The average Bonchev–Trinajstić information content (AvgIpc) is 3.01. The van der Waals surface area contributed by atoms with Crippen LogP contribution in [0.25, 0.3) is 0 Å². The molecule has 2 heteroatoms. The van der Waals surface area contributed by atoms with Crippen LogP contribution in [0.2, 0.25) is 0 Å². The molecule has 3 fully saturated rings. The molecule has 8 atom stereocenters. The van der Waals surface area contributed by atoms with Crippen molar-refractivity contribution in [1.29, 1.82) is 0 Å². The summed E-state index contributed by atoms with van der Waals surface area (Å²) in [5.41, 5.74) is 4.39. The van der Waals surface area contributed by atoms with Crippen molar-refractivity contribution < 1.29 is 9.53 Å². The third-order valence-electron chi connectivity index (χ3n) is 12.0. The number of hydrogen-bond donors (Lipinski definition) is 0. The Balaban J connectivity index is 1.61. The summed E-state index contributed by atoms with van der Waals surface area (Å²) < 4.78 is 5.87. The molecule has 34 heavy (non-hydrogen) atoms. The Morgan fingerprint density at radius 2 is 1.76 bits per heavy atom. The lowest BCUT2D eigenvalue weighted by Gasteiger charge is -2.64. The van der Waals surface area contributed by atoms with Crippen molar-refractivity contribution in [3.63, 3.8) is 0 Å². The van der Waals surface area contributed by atoms with Gasteiger partial charge in [-0.05, 0) is 112 Å². The van der Waals surface area contributed by atoms with Gasteiger partial charge in [0, 0.05) is 12.3 Å². The molecule has 0 saturated heterocycles. The first-order valence-corrected chi connectivity index (χ1v) is 14.3. The lowest BCUT2D eigenvalue weighted by atomic mass is 9.41. The third kappa shape index (κ3) is 3.85. The molecule has 4 aliphatic carbocycles. The van der Waals surface area contributed by atoms with Crippen LogP contribution in [0, 0.1) is 45.3 Å². The van der Waals surface area contributed by atoms with Crippen LogP contribution in [0.5, 0.6) is 0 Å². The number of carbonyl (C=O) groups excluding carboxylic acids is 1. The second-order valence-electron chi connectivity index (χ2n) is 14.2. The number of carbonyl (C=O) groups is 1. The van der Waals surface area contributed by atoms with Crippen LogP contribution >= 0.6 is 0 Å². The van der Waals surface area contributed by atoms with Crippen LogP contribution in [0.3, 0.4) is 0 Å². The molecule has 0 heterocycles. The van der Waals surface area contributed by atoms with Crippen molar-refractivity contribution in [3.8, 4) is 0 Å². The number of fused-ring (bicyclic) bond motifs is 5. The summed E-state index contributed by atoms with van der Waals surface area (Å²) in [6.07, 6.45) is 16.6. The standard InChI is InChI=1S/C32H52O2/c1-21(2)11-10-12-22(3)24-15-19-32(9)26-13-14-27-29(5,6)28(34-23(4)33)17-18-30(27,7)25(26)16-20-31(24,32)8/h11,13,22,24-25,27-28H,10,12,14-20H2,1-9H3/t22-,24-,25-,27-,28-,30+,31-,32+/m0/s1. The second kappa shape index (κ2) is 8.81. The van der Waals surface area contributed by atoms with E-state index in [1.807, 2.05) is 5.57 Å². The van der Waals surface area contributed by atoms with Crippen LogP contribution in [0.4, 0.5) is 0 Å². The summed E-state index contributed by atoms with van der Waals surface area (Å²) >= 11 is 0. The minimum absolute atomic E-state index is 0.0278. The summed E-state index contributed by atoms with van der Waals surface area (Å²) in [5.74, 6) is 2.79. The third-order valence-corrected chi connectivity index (χ3v) is 12.0. The largest absolute Gasteiger partial charge is 0.462 e. The number of rotatable bonds is 5. The SMILES string of the molecule is CC(=O)O[C@H]1CC[C@]2(C)[C@H]3CC[C@@]4(C)[C@H]([C@@H](C)CCC=C(C)C)CC[C@]4(C)C3=CC[C@H]2C1(C)C. The lowest BCUT2D eigenvalue weighted by Crippen LogP contribution is -2.58. The smallest absolute Gasteiger partial charge is 0.302 e. The minimum atomic E-state index is -0.120.